The molecule has 5 nitrogen and oxygen atoms in total. The van der Waals surface area contributed by atoms with Gasteiger partial charge in [-0.05, 0) is 19.3 Å². The van der Waals surface area contributed by atoms with Gasteiger partial charge < -0.3 is 19.7 Å². The van der Waals surface area contributed by atoms with Crippen LogP contribution in [0.15, 0.2) is 0 Å². The second-order valence-corrected chi connectivity index (χ2v) is 6.77. The van der Waals surface area contributed by atoms with E-state index in [1.807, 2.05) is 4.90 Å². The minimum atomic E-state index is 0.0851. The summed E-state index contributed by atoms with van der Waals surface area (Å²) < 4.78 is 11.2. The van der Waals surface area contributed by atoms with E-state index in [1.54, 1.807) is 7.11 Å². The van der Waals surface area contributed by atoms with Gasteiger partial charge in [-0.2, -0.15) is 0 Å². The minimum absolute atomic E-state index is 0.0851. The summed E-state index contributed by atoms with van der Waals surface area (Å²) in [6.07, 6.45) is 6.45. The fourth-order valence-corrected chi connectivity index (χ4v) is 4.24. The second-order valence-electron chi connectivity index (χ2n) is 6.77. The van der Waals surface area contributed by atoms with Crippen molar-refractivity contribution in [3.63, 3.8) is 0 Å². The summed E-state index contributed by atoms with van der Waals surface area (Å²) in [5.41, 5.74) is 0. The Bertz CT molecular complexity index is 359. The maximum Gasteiger partial charge on any atom is 0.317 e. The molecule has 3 heterocycles. The summed E-state index contributed by atoms with van der Waals surface area (Å²) in [4.78, 5) is 14.5. The van der Waals surface area contributed by atoms with Crippen LogP contribution in [0.25, 0.3) is 0 Å². The van der Waals surface area contributed by atoms with Crippen LogP contribution in [-0.2, 0) is 9.47 Å². The largest absolute Gasteiger partial charge is 0.383 e. The first-order chi connectivity index (χ1) is 10.2. The Labute approximate surface area is 127 Å². The Hall–Kier alpha value is -0.810. The molecule has 0 spiro atoms. The number of urea groups is 1. The smallest absolute Gasteiger partial charge is 0.317 e. The lowest BCUT2D eigenvalue weighted by Gasteiger charge is -2.24. The fourth-order valence-electron chi connectivity index (χ4n) is 4.24. The number of hydrogen-bond acceptors (Lipinski definition) is 3. The van der Waals surface area contributed by atoms with Gasteiger partial charge in [-0.25, -0.2) is 4.79 Å². The Morgan fingerprint density at radius 2 is 2.00 bits per heavy atom. The molecule has 5 heteroatoms. The molecule has 3 saturated heterocycles. The lowest BCUT2D eigenvalue weighted by Crippen LogP contribution is -2.46. The number of likely N-dealkylation sites (tertiary alicyclic amines) is 1. The molecule has 3 rings (SSSR count). The first-order valence-corrected chi connectivity index (χ1v) is 8.42. The zero-order valence-electron chi connectivity index (χ0n) is 13.2. The molecule has 2 bridgehead atoms. The SMILES string of the molecule is CCCC[C@H](COC)NC(=O)N1C[C@@H]2[C@H](C1)[C@H]1CC[C@H]2O1. The Morgan fingerprint density at radius 1 is 1.33 bits per heavy atom. The lowest BCUT2D eigenvalue weighted by molar-refractivity contribution is 0.0732. The van der Waals surface area contributed by atoms with Gasteiger partial charge in [0.25, 0.3) is 0 Å². The van der Waals surface area contributed by atoms with Crippen molar-refractivity contribution in [1.29, 1.82) is 0 Å². The van der Waals surface area contributed by atoms with Crippen molar-refractivity contribution in [2.45, 2.75) is 57.3 Å². The van der Waals surface area contributed by atoms with Crippen LogP contribution < -0.4 is 5.32 Å². The third-order valence-electron chi connectivity index (χ3n) is 5.34. The van der Waals surface area contributed by atoms with Gasteiger partial charge in [0.1, 0.15) is 0 Å². The van der Waals surface area contributed by atoms with Gasteiger partial charge in [0.2, 0.25) is 0 Å². The quantitative estimate of drug-likeness (QED) is 0.816. The molecule has 0 aromatic carbocycles. The monoisotopic (exact) mass is 296 g/mol. The number of carbonyl (C=O) groups excluding carboxylic acids is 1. The number of unbranched alkanes of at least 4 members (excludes halogenated alkanes) is 1. The van der Waals surface area contributed by atoms with Crippen LogP contribution in [0.2, 0.25) is 0 Å². The summed E-state index contributed by atoms with van der Waals surface area (Å²) in [6.45, 7) is 4.50. The number of fused-ring (bicyclic) bond motifs is 5. The molecular weight excluding hydrogens is 268 g/mol. The van der Waals surface area contributed by atoms with Crippen molar-refractivity contribution in [3.05, 3.63) is 0 Å². The summed E-state index contributed by atoms with van der Waals surface area (Å²) in [5, 5.41) is 3.16. The van der Waals surface area contributed by atoms with Crippen LogP contribution in [0.4, 0.5) is 4.79 Å². The van der Waals surface area contributed by atoms with Crippen LogP contribution in [0, 0.1) is 11.8 Å². The van der Waals surface area contributed by atoms with Crippen LogP contribution in [0.1, 0.15) is 39.0 Å². The van der Waals surface area contributed by atoms with Crippen LogP contribution in [0.5, 0.6) is 0 Å². The molecule has 3 aliphatic heterocycles. The van der Waals surface area contributed by atoms with E-state index in [0.717, 1.165) is 32.4 Å². The average molecular weight is 296 g/mol. The normalized spacial score (nSPS) is 35.0. The molecule has 0 aromatic heterocycles. The molecule has 120 valence electrons. The molecule has 0 aromatic rings. The summed E-state index contributed by atoms with van der Waals surface area (Å²) in [5.74, 6) is 1.15. The van der Waals surface area contributed by atoms with Gasteiger partial charge in [-0.1, -0.05) is 19.8 Å². The molecule has 5 atom stereocenters. The molecule has 0 unspecified atom stereocenters. The minimum Gasteiger partial charge on any atom is -0.383 e. The highest BCUT2D eigenvalue weighted by molar-refractivity contribution is 5.75. The van der Waals surface area contributed by atoms with E-state index in [4.69, 9.17) is 9.47 Å². The van der Waals surface area contributed by atoms with E-state index in [1.165, 1.54) is 12.8 Å². The molecule has 1 N–H and O–H groups in total. The molecule has 21 heavy (non-hydrogen) atoms. The van der Waals surface area contributed by atoms with Crippen molar-refractivity contribution in [2.24, 2.45) is 11.8 Å². The first kappa shape index (κ1) is 15.1. The average Bonchev–Trinajstić information content (AvgIpc) is 3.16. The molecule has 0 saturated carbocycles. The van der Waals surface area contributed by atoms with Gasteiger partial charge in [0.05, 0.1) is 24.9 Å². The van der Waals surface area contributed by atoms with E-state index < -0.39 is 0 Å². The number of carbonyl (C=O) groups is 1. The predicted molar refractivity (Wildman–Crippen MR) is 80.2 cm³/mol. The first-order valence-electron chi connectivity index (χ1n) is 8.42. The van der Waals surface area contributed by atoms with Crippen molar-refractivity contribution in [2.75, 3.05) is 26.8 Å². The highest BCUT2D eigenvalue weighted by Gasteiger charge is 2.53. The lowest BCUT2D eigenvalue weighted by atomic mass is 9.82. The highest BCUT2D eigenvalue weighted by Crippen LogP contribution is 2.47. The Morgan fingerprint density at radius 3 is 2.57 bits per heavy atom. The number of nitrogens with zero attached hydrogens (tertiary/aromatic N) is 1. The number of amides is 2. The van der Waals surface area contributed by atoms with Crippen LogP contribution in [0.3, 0.4) is 0 Å². The number of methoxy groups -OCH3 is 1. The van der Waals surface area contributed by atoms with E-state index in [2.05, 4.69) is 12.2 Å². The van der Waals surface area contributed by atoms with Crippen molar-refractivity contribution >= 4 is 6.03 Å². The zero-order chi connectivity index (χ0) is 14.8. The molecule has 3 fully saturated rings. The Balaban J connectivity index is 1.51. The molecule has 0 radical (unpaired) electrons. The molecule has 2 amide bonds. The summed E-state index contributed by atoms with van der Waals surface area (Å²) >= 11 is 0. The Kier molecular flexibility index (Phi) is 4.69. The van der Waals surface area contributed by atoms with Crippen LogP contribution >= 0.6 is 0 Å². The van der Waals surface area contributed by atoms with Gasteiger partial charge in [0, 0.05) is 32.0 Å². The number of hydrogen-bond donors (Lipinski definition) is 1. The number of nitrogens with one attached hydrogen (secondary N) is 1. The van der Waals surface area contributed by atoms with Gasteiger partial charge in [-0.3, -0.25) is 0 Å². The van der Waals surface area contributed by atoms with E-state index in [-0.39, 0.29) is 12.1 Å². The summed E-state index contributed by atoms with van der Waals surface area (Å²) in [6, 6.07) is 0.220. The zero-order valence-corrected chi connectivity index (χ0v) is 13.2. The number of rotatable bonds is 6. The van der Waals surface area contributed by atoms with Crippen molar-refractivity contribution in [3.8, 4) is 0 Å². The third kappa shape index (κ3) is 3.04. The third-order valence-corrected chi connectivity index (χ3v) is 5.34. The standard InChI is InChI=1S/C16H28N2O3/c1-3-4-5-11(10-20-2)17-16(19)18-8-12-13(9-18)15-7-6-14(12)21-15/h11-15H,3-10H2,1-2H3,(H,17,19)/t11-,12-,13+,14-,15-/m1/s1. The second kappa shape index (κ2) is 6.53. The van der Waals surface area contributed by atoms with Gasteiger partial charge in [0.15, 0.2) is 0 Å². The molecule has 0 aliphatic carbocycles. The van der Waals surface area contributed by atoms with Gasteiger partial charge >= 0.3 is 6.03 Å². The summed E-state index contributed by atoms with van der Waals surface area (Å²) in [7, 11) is 1.69. The van der Waals surface area contributed by atoms with E-state index in [0.29, 0.717) is 30.7 Å². The number of ether oxygens (including phenoxy) is 2. The fraction of sp³-hybridized carbons (Fsp3) is 0.938. The highest BCUT2D eigenvalue weighted by atomic mass is 16.5. The van der Waals surface area contributed by atoms with E-state index in [9.17, 15) is 4.79 Å². The van der Waals surface area contributed by atoms with Crippen molar-refractivity contribution in [1.82, 2.24) is 10.2 Å². The molecular formula is C16H28N2O3. The maximum atomic E-state index is 12.5. The predicted octanol–water partition coefficient (Wildman–Crippen LogP) is 2.01. The molecule has 3 aliphatic rings. The van der Waals surface area contributed by atoms with Crippen molar-refractivity contribution < 1.29 is 14.3 Å². The maximum absolute atomic E-state index is 12.5. The van der Waals surface area contributed by atoms with Crippen LogP contribution in [-0.4, -0.2) is 56.0 Å². The topological polar surface area (TPSA) is 50.8 Å². The van der Waals surface area contributed by atoms with E-state index >= 15 is 0 Å². The van der Waals surface area contributed by atoms with Gasteiger partial charge in [-0.15, -0.1) is 0 Å².